The van der Waals surface area contributed by atoms with Gasteiger partial charge in [-0.15, -0.1) is 13.2 Å². The maximum Gasteiger partial charge on any atom is 0.573 e. The Morgan fingerprint density at radius 3 is 2.50 bits per heavy atom. The van der Waals surface area contributed by atoms with Gasteiger partial charge < -0.3 is 14.9 Å². The Kier molecular flexibility index (Phi) is 4.32. The van der Waals surface area contributed by atoms with Gasteiger partial charge in [0.2, 0.25) is 0 Å². The number of hydrogen-bond donors (Lipinski definition) is 0. The number of alkyl halides is 3. The van der Waals surface area contributed by atoms with Gasteiger partial charge >= 0.3 is 12.2 Å². The third-order valence-electron chi connectivity index (χ3n) is 1.51. The van der Waals surface area contributed by atoms with Crippen molar-refractivity contribution in [2.45, 2.75) is 6.36 Å². The molecule has 0 unspecified atom stereocenters. The lowest BCUT2D eigenvalue weighted by Gasteiger charge is -2.10. The molecule has 0 saturated carbocycles. The first kappa shape index (κ1) is 14.9. The van der Waals surface area contributed by atoms with Gasteiger partial charge in [-0.25, -0.2) is 0 Å². The number of aromatic nitrogens is 1. The average molecular weight is 396 g/mol. The summed E-state index contributed by atoms with van der Waals surface area (Å²) in [7, 11) is 0. The van der Waals surface area contributed by atoms with Crippen LogP contribution in [-0.2, 0) is 0 Å². The number of carbonyl (C=O) groups is 1. The number of pyridine rings is 1. The topological polar surface area (TPSA) is 82.3 Å². The van der Waals surface area contributed by atoms with Crippen molar-refractivity contribution in [3.63, 3.8) is 0 Å². The van der Waals surface area contributed by atoms with Gasteiger partial charge in [-0.05, 0) is 44.1 Å². The molecule has 0 spiro atoms. The van der Waals surface area contributed by atoms with E-state index in [1.54, 1.807) is 0 Å². The molecule has 1 aromatic rings. The van der Waals surface area contributed by atoms with E-state index in [2.05, 4.69) is 9.72 Å². The van der Waals surface area contributed by atoms with Crippen LogP contribution in [0.3, 0.4) is 0 Å². The smallest absolute Gasteiger partial charge is 0.400 e. The largest absolute Gasteiger partial charge is 0.573 e. The van der Waals surface area contributed by atoms with E-state index in [0.717, 1.165) is 6.07 Å². The summed E-state index contributed by atoms with van der Waals surface area (Å²) >= 11 is 6.35. The fraction of sp³-hybridized carbons (Fsp3) is 0.143. The Morgan fingerprint density at radius 2 is 2.11 bits per heavy atom. The number of nitrogens with zero attached hydrogens (tertiary/aromatic N) is 2. The molecule has 0 bridgehead atoms. The predicted octanol–water partition coefficient (Wildman–Crippen LogP) is 2.87. The first-order chi connectivity index (χ1) is 8.11. The molecule has 0 N–H and O–H groups in total. The fourth-order valence-corrected chi connectivity index (χ4v) is 1.70. The highest BCUT2D eigenvalue weighted by molar-refractivity contribution is 14.1. The van der Waals surface area contributed by atoms with Crippen molar-refractivity contribution in [3.8, 4) is 5.75 Å². The van der Waals surface area contributed by atoms with Crippen molar-refractivity contribution < 1.29 is 27.6 Å². The lowest BCUT2D eigenvalue weighted by Crippen LogP contribution is -2.20. The fourth-order valence-electron chi connectivity index (χ4n) is 0.929. The van der Waals surface area contributed by atoms with Gasteiger partial charge in [-0.3, -0.25) is 4.79 Å². The minimum Gasteiger partial charge on any atom is -0.400 e. The number of nitro groups is 1. The van der Waals surface area contributed by atoms with Crippen molar-refractivity contribution in [1.29, 1.82) is 0 Å². The minimum atomic E-state index is -5.07. The molecule has 0 saturated heterocycles. The average Bonchev–Trinajstić information content (AvgIpc) is 2.18. The van der Waals surface area contributed by atoms with Gasteiger partial charge in [0.15, 0.2) is 5.75 Å². The van der Waals surface area contributed by atoms with E-state index < -0.39 is 33.8 Å². The maximum absolute atomic E-state index is 12.1. The molecule has 0 fully saturated rings. The van der Waals surface area contributed by atoms with Crippen molar-refractivity contribution in [1.82, 2.24) is 4.98 Å². The van der Waals surface area contributed by atoms with Crippen molar-refractivity contribution in [2.24, 2.45) is 0 Å². The van der Waals surface area contributed by atoms with Crippen molar-refractivity contribution in [2.75, 3.05) is 0 Å². The Labute approximate surface area is 115 Å². The monoisotopic (exact) mass is 396 g/mol. The lowest BCUT2D eigenvalue weighted by atomic mass is 10.3. The summed E-state index contributed by atoms with van der Waals surface area (Å²) in [5.74, 6) is -1.77. The molecule has 0 aliphatic carbocycles. The summed E-state index contributed by atoms with van der Waals surface area (Å²) < 4.78 is 39.5. The van der Waals surface area contributed by atoms with Crippen molar-refractivity contribution >= 4 is 45.3 Å². The maximum atomic E-state index is 12.1. The van der Waals surface area contributed by atoms with Gasteiger partial charge in [-0.2, -0.15) is 0 Å². The van der Waals surface area contributed by atoms with E-state index in [-0.39, 0.29) is 3.57 Å². The quantitative estimate of drug-likeness (QED) is 0.340. The van der Waals surface area contributed by atoms with Gasteiger partial charge in [0.25, 0.3) is 10.9 Å². The van der Waals surface area contributed by atoms with Crippen LogP contribution < -0.4 is 4.74 Å². The Bertz CT molecular complexity index is 522. The normalized spacial score (nSPS) is 11.2. The second-order valence-electron chi connectivity index (χ2n) is 2.72. The van der Waals surface area contributed by atoms with Gasteiger partial charge in [0, 0.05) is 0 Å². The van der Waals surface area contributed by atoms with E-state index in [1.165, 1.54) is 22.6 Å². The van der Waals surface area contributed by atoms with Crippen LogP contribution in [-0.4, -0.2) is 21.5 Å². The highest BCUT2D eigenvalue weighted by Crippen LogP contribution is 2.33. The number of carbonyl (C=O) groups excluding carboxylic acids is 1. The van der Waals surface area contributed by atoms with Crippen LogP contribution in [0.4, 0.5) is 19.0 Å². The summed E-state index contributed by atoms with van der Waals surface area (Å²) in [5.41, 5.74) is -0.965. The van der Waals surface area contributed by atoms with Crippen LogP contribution >= 0.6 is 34.2 Å². The van der Waals surface area contributed by atoms with Crippen LogP contribution in [0.15, 0.2) is 6.07 Å². The SMILES string of the molecule is O=C(Cl)c1nc([N+](=O)[O-])cc(I)c1OC(F)(F)F. The van der Waals surface area contributed by atoms with E-state index in [1.807, 2.05) is 0 Å². The summed E-state index contributed by atoms with van der Waals surface area (Å²) in [4.78, 5) is 23.5. The van der Waals surface area contributed by atoms with Crippen LogP contribution in [0.2, 0.25) is 0 Å². The highest BCUT2D eigenvalue weighted by Gasteiger charge is 2.37. The number of halogens is 5. The van der Waals surface area contributed by atoms with Crippen LogP contribution in [0.25, 0.3) is 0 Å². The molecule has 0 aromatic carbocycles. The molecule has 0 aliphatic rings. The van der Waals surface area contributed by atoms with Crippen LogP contribution in [0.5, 0.6) is 5.75 Å². The van der Waals surface area contributed by atoms with Gasteiger partial charge in [-0.1, -0.05) is 0 Å². The highest BCUT2D eigenvalue weighted by atomic mass is 127. The summed E-state index contributed by atoms with van der Waals surface area (Å²) in [6, 6.07) is 0.727. The Morgan fingerprint density at radius 1 is 1.56 bits per heavy atom. The number of hydrogen-bond acceptors (Lipinski definition) is 5. The summed E-state index contributed by atoms with van der Waals surface area (Å²) in [5, 5.41) is 9.05. The Balaban J connectivity index is 3.41. The number of ether oxygens (including phenoxy) is 1. The molecular weight excluding hydrogens is 395 g/mol. The molecule has 98 valence electrons. The molecule has 0 atom stereocenters. The molecule has 0 radical (unpaired) electrons. The lowest BCUT2D eigenvalue weighted by molar-refractivity contribution is -0.389. The molecule has 0 aliphatic heterocycles. The number of rotatable bonds is 3. The summed E-state index contributed by atoms with van der Waals surface area (Å²) in [6.45, 7) is 0. The first-order valence-electron chi connectivity index (χ1n) is 3.92. The molecule has 11 heteroatoms. The second-order valence-corrected chi connectivity index (χ2v) is 4.22. The third-order valence-corrected chi connectivity index (χ3v) is 2.49. The Hall–Kier alpha value is -1.17. The molecule has 1 heterocycles. The summed E-state index contributed by atoms with van der Waals surface area (Å²) in [6.07, 6.45) is -5.07. The molecule has 1 aromatic heterocycles. The predicted molar refractivity (Wildman–Crippen MR) is 60.5 cm³/mol. The molecule has 6 nitrogen and oxygen atoms in total. The first-order valence-corrected chi connectivity index (χ1v) is 5.38. The van der Waals surface area contributed by atoms with E-state index >= 15 is 0 Å². The van der Waals surface area contributed by atoms with Gasteiger partial charge in [0.05, 0.1) is 9.64 Å². The standard InChI is InChI=1S/C7HClF3IN2O4/c8-6(15)4-5(18-7(9,10)11)2(12)1-3(13-4)14(16)17/h1H. The van der Waals surface area contributed by atoms with Gasteiger partial charge in [0.1, 0.15) is 0 Å². The minimum absolute atomic E-state index is 0.310. The molecule has 1 rings (SSSR count). The van der Waals surface area contributed by atoms with E-state index in [0.29, 0.717) is 0 Å². The molecule has 0 amide bonds. The third kappa shape index (κ3) is 3.66. The second kappa shape index (κ2) is 5.22. The van der Waals surface area contributed by atoms with Crippen molar-refractivity contribution in [3.05, 3.63) is 25.4 Å². The molecular formula is C7HClF3IN2O4. The van der Waals surface area contributed by atoms with Crippen LogP contribution in [0.1, 0.15) is 10.5 Å². The zero-order chi connectivity index (χ0) is 14.1. The molecule has 18 heavy (non-hydrogen) atoms. The zero-order valence-corrected chi connectivity index (χ0v) is 10.9. The van der Waals surface area contributed by atoms with E-state index in [9.17, 15) is 28.1 Å². The van der Waals surface area contributed by atoms with Crippen LogP contribution in [0, 0.1) is 13.7 Å². The van der Waals surface area contributed by atoms with E-state index in [4.69, 9.17) is 11.6 Å². The zero-order valence-electron chi connectivity index (χ0n) is 7.99.